The van der Waals surface area contributed by atoms with Gasteiger partial charge in [0.2, 0.25) is 5.78 Å². The molecule has 3 heterocycles. The molecule has 31 heavy (non-hydrogen) atoms. The van der Waals surface area contributed by atoms with Crippen molar-refractivity contribution in [3.63, 3.8) is 0 Å². The van der Waals surface area contributed by atoms with Crippen molar-refractivity contribution in [3.8, 4) is 0 Å². The van der Waals surface area contributed by atoms with E-state index in [4.69, 9.17) is 4.42 Å². The van der Waals surface area contributed by atoms with E-state index in [1.54, 1.807) is 60.8 Å². The molecule has 1 unspecified atom stereocenters. The van der Waals surface area contributed by atoms with Crippen LogP contribution >= 0.6 is 15.9 Å². The van der Waals surface area contributed by atoms with Gasteiger partial charge in [-0.05, 0) is 48.5 Å². The summed E-state index contributed by atoms with van der Waals surface area (Å²) in [6.07, 6.45) is 1.58. The summed E-state index contributed by atoms with van der Waals surface area (Å²) < 4.78 is 6.59. The minimum Gasteiger partial charge on any atom is -0.503 e. The van der Waals surface area contributed by atoms with Crippen LogP contribution in [0.4, 0.5) is 5.69 Å². The second-order valence-electron chi connectivity index (χ2n) is 7.05. The van der Waals surface area contributed by atoms with Crippen LogP contribution in [0, 0.1) is 0 Å². The number of hydrogen-bond donors (Lipinski definition) is 1. The first kappa shape index (κ1) is 19.3. The minimum absolute atomic E-state index is 0.0401. The Balaban J connectivity index is 1.65. The molecule has 0 spiro atoms. The smallest absolute Gasteiger partial charge is 0.294 e. The number of furan rings is 1. The third-order valence-electron chi connectivity index (χ3n) is 5.16. The Bertz CT molecular complexity index is 1350. The average Bonchev–Trinajstić information content (AvgIpc) is 3.33. The molecule has 1 N–H and O–H groups in total. The maximum Gasteiger partial charge on any atom is 0.294 e. The molecule has 6 nitrogen and oxygen atoms in total. The number of carbonyl (C=O) groups is 2. The van der Waals surface area contributed by atoms with E-state index < -0.39 is 23.5 Å². The predicted octanol–water partition coefficient (Wildman–Crippen LogP) is 5.37. The van der Waals surface area contributed by atoms with Crippen LogP contribution in [0.15, 0.2) is 99.2 Å². The van der Waals surface area contributed by atoms with Gasteiger partial charge < -0.3 is 9.52 Å². The summed E-state index contributed by atoms with van der Waals surface area (Å²) in [4.78, 5) is 32.3. The van der Waals surface area contributed by atoms with Gasteiger partial charge in [-0.3, -0.25) is 19.5 Å². The number of rotatable bonds is 4. The zero-order valence-electron chi connectivity index (χ0n) is 16.0. The highest BCUT2D eigenvalue weighted by Gasteiger charge is 2.46. The number of fused-ring (bicyclic) bond motifs is 1. The zero-order chi connectivity index (χ0) is 21.5. The van der Waals surface area contributed by atoms with E-state index in [9.17, 15) is 14.7 Å². The molecule has 2 aromatic heterocycles. The van der Waals surface area contributed by atoms with E-state index in [1.165, 1.54) is 4.90 Å². The summed E-state index contributed by atoms with van der Waals surface area (Å²) in [6.45, 7) is 0. The molecule has 0 saturated carbocycles. The van der Waals surface area contributed by atoms with Crippen molar-refractivity contribution >= 4 is 44.3 Å². The summed E-state index contributed by atoms with van der Waals surface area (Å²) >= 11 is 3.40. The van der Waals surface area contributed by atoms with Crippen molar-refractivity contribution < 1.29 is 19.1 Å². The van der Waals surface area contributed by atoms with Gasteiger partial charge in [0.25, 0.3) is 5.91 Å². The van der Waals surface area contributed by atoms with Crippen LogP contribution < -0.4 is 4.90 Å². The molecule has 4 aromatic rings. The van der Waals surface area contributed by atoms with Crippen LogP contribution in [0.5, 0.6) is 0 Å². The summed E-state index contributed by atoms with van der Waals surface area (Å²) in [7, 11) is 0. The number of aliphatic hydroxyl groups excluding tert-OH is 1. The molecule has 5 rings (SSSR count). The fraction of sp³-hybridized carbons (Fsp3) is 0.0417. The van der Waals surface area contributed by atoms with Gasteiger partial charge in [-0.2, -0.15) is 0 Å². The molecular formula is C24H15BrN2O4. The molecule has 0 bridgehead atoms. The second kappa shape index (κ2) is 7.52. The molecule has 1 aliphatic rings. The van der Waals surface area contributed by atoms with E-state index >= 15 is 0 Å². The number of Topliss-reactive ketones (excluding diaryl/α,β-unsaturated/α-hetero) is 1. The molecule has 0 radical (unpaired) electrons. The largest absolute Gasteiger partial charge is 0.503 e. The Kier molecular flexibility index (Phi) is 4.67. The molecule has 0 saturated heterocycles. The van der Waals surface area contributed by atoms with E-state index in [1.807, 2.05) is 18.2 Å². The number of pyridine rings is 1. The van der Waals surface area contributed by atoms with Gasteiger partial charge in [-0.25, -0.2) is 0 Å². The van der Waals surface area contributed by atoms with Crippen molar-refractivity contribution in [3.05, 3.63) is 106 Å². The van der Waals surface area contributed by atoms with E-state index in [-0.39, 0.29) is 11.3 Å². The highest BCUT2D eigenvalue weighted by molar-refractivity contribution is 9.10. The molecule has 1 aliphatic heterocycles. The first-order valence-corrected chi connectivity index (χ1v) is 10.3. The Morgan fingerprint density at radius 2 is 1.81 bits per heavy atom. The summed E-state index contributed by atoms with van der Waals surface area (Å²) in [6, 6.07) is 20.2. The van der Waals surface area contributed by atoms with Gasteiger partial charge in [0, 0.05) is 21.7 Å². The second-order valence-corrected chi connectivity index (χ2v) is 7.97. The minimum atomic E-state index is -0.886. The Morgan fingerprint density at radius 3 is 2.55 bits per heavy atom. The molecule has 7 heteroatoms. The number of aliphatic hydroxyl groups is 1. The summed E-state index contributed by atoms with van der Waals surface area (Å²) in [5.74, 6) is -1.79. The number of benzene rings is 2. The summed E-state index contributed by atoms with van der Waals surface area (Å²) in [5, 5.41) is 11.5. The monoisotopic (exact) mass is 474 g/mol. The highest BCUT2D eigenvalue weighted by Crippen LogP contribution is 2.41. The topological polar surface area (TPSA) is 83.6 Å². The third kappa shape index (κ3) is 3.23. The number of amides is 1. The number of nitrogens with zero attached hydrogens (tertiary/aromatic N) is 2. The van der Waals surface area contributed by atoms with Crippen molar-refractivity contribution in [2.45, 2.75) is 6.04 Å². The fourth-order valence-corrected chi connectivity index (χ4v) is 4.15. The Labute approximate surface area is 185 Å². The van der Waals surface area contributed by atoms with Crippen molar-refractivity contribution in [1.82, 2.24) is 4.98 Å². The molecule has 0 fully saturated rings. The van der Waals surface area contributed by atoms with Crippen molar-refractivity contribution in [1.29, 1.82) is 0 Å². The van der Waals surface area contributed by atoms with E-state index in [0.29, 0.717) is 17.0 Å². The lowest BCUT2D eigenvalue weighted by Gasteiger charge is -2.25. The fourth-order valence-electron chi connectivity index (χ4n) is 3.77. The van der Waals surface area contributed by atoms with Gasteiger partial charge in [-0.15, -0.1) is 0 Å². The van der Waals surface area contributed by atoms with Gasteiger partial charge >= 0.3 is 0 Å². The highest BCUT2D eigenvalue weighted by atomic mass is 79.9. The maximum absolute atomic E-state index is 13.5. The number of para-hydroxylation sites is 1. The van der Waals surface area contributed by atoms with Crippen molar-refractivity contribution in [2.75, 3.05) is 4.90 Å². The summed E-state index contributed by atoms with van der Waals surface area (Å²) in [5.41, 5.74) is 1.48. The zero-order valence-corrected chi connectivity index (χ0v) is 17.6. The van der Waals surface area contributed by atoms with Crippen molar-refractivity contribution in [2.24, 2.45) is 0 Å². The lowest BCUT2D eigenvalue weighted by atomic mass is 9.98. The third-order valence-corrected chi connectivity index (χ3v) is 5.65. The predicted molar refractivity (Wildman–Crippen MR) is 119 cm³/mol. The molecule has 1 amide bonds. The first-order valence-electron chi connectivity index (χ1n) is 9.51. The lowest BCUT2D eigenvalue weighted by molar-refractivity contribution is -0.117. The molecule has 1 atom stereocenters. The molecule has 2 aromatic carbocycles. The standard InChI is InChI=1S/C24H15BrN2O4/c25-15-9-10-18-14(12-15)13-19(31-18)22(28)20-21(17-8-4-5-11-26-17)27(24(30)23(20)29)16-6-2-1-3-7-16/h1-13,21,29H. The maximum atomic E-state index is 13.5. The van der Waals surface area contributed by atoms with Gasteiger partial charge in [0.05, 0.1) is 11.3 Å². The molecule has 152 valence electrons. The van der Waals surface area contributed by atoms with E-state index in [0.717, 1.165) is 9.86 Å². The first-order chi connectivity index (χ1) is 15.0. The number of aromatic nitrogens is 1. The Morgan fingerprint density at radius 1 is 1.03 bits per heavy atom. The number of anilines is 1. The number of hydrogen-bond acceptors (Lipinski definition) is 5. The normalized spacial score (nSPS) is 16.4. The van der Waals surface area contributed by atoms with Crippen LogP contribution in [-0.4, -0.2) is 21.8 Å². The van der Waals surface area contributed by atoms with Crippen LogP contribution in [0.3, 0.4) is 0 Å². The number of carbonyl (C=O) groups excluding carboxylic acids is 2. The SMILES string of the molecule is O=C(C1=C(O)C(=O)N(c2ccccc2)C1c1ccccn1)c1cc2cc(Br)ccc2o1. The van der Waals surface area contributed by atoms with Gasteiger partial charge in [0.15, 0.2) is 11.5 Å². The molecular weight excluding hydrogens is 460 g/mol. The number of halogens is 1. The quantitative estimate of drug-likeness (QED) is 0.401. The average molecular weight is 475 g/mol. The van der Waals surface area contributed by atoms with Crippen LogP contribution in [0.1, 0.15) is 22.3 Å². The lowest BCUT2D eigenvalue weighted by Crippen LogP contribution is -2.31. The van der Waals surface area contributed by atoms with Gasteiger partial charge in [-0.1, -0.05) is 40.2 Å². The van der Waals surface area contributed by atoms with Crippen LogP contribution in [0.25, 0.3) is 11.0 Å². The van der Waals surface area contributed by atoms with Crippen LogP contribution in [-0.2, 0) is 4.79 Å². The molecule has 0 aliphatic carbocycles. The number of ketones is 1. The van der Waals surface area contributed by atoms with E-state index in [2.05, 4.69) is 20.9 Å². The Hall–Kier alpha value is -3.71. The van der Waals surface area contributed by atoms with Crippen LogP contribution in [0.2, 0.25) is 0 Å². The van der Waals surface area contributed by atoms with Gasteiger partial charge in [0.1, 0.15) is 11.6 Å².